The Kier molecular flexibility index (Phi) is 5.21. The molecule has 2 nitrogen and oxygen atoms in total. The molecule has 1 aromatic carbocycles. The number of benzene rings is 1. The van der Waals surface area contributed by atoms with Crippen LogP contribution in [0, 0.1) is 11.6 Å². The molecule has 96 valence electrons. The summed E-state index contributed by atoms with van der Waals surface area (Å²) in [4.78, 5) is 1.63. The fourth-order valence-electron chi connectivity index (χ4n) is 1.65. The van der Waals surface area contributed by atoms with E-state index in [1.807, 2.05) is 13.2 Å². The second-order valence-corrected chi connectivity index (χ2v) is 4.94. The van der Waals surface area contributed by atoms with Crippen molar-refractivity contribution < 1.29 is 8.78 Å². The van der Waals surface area contributed by atoms with Crippen LogP contribution < -0.4 is 10.6 Å². The summed E-state index contributed by atoms with van der Waals surface area (Å²) in [6.07, 6.45) is 1.97. The topological polar surface area (TPSA) is 29.3 Å². The van der Waals surface area contributed by atoms with Crippen molar-refractivity contribution in [3.8, 4) is 0 Å². The van der Waals surface area contributed by atoms with E-state index in [0.717, 1.165) is 5.75 Å². The summed E-state index contributed by atoms with van der Waals surface area (Å²) in [6.45, 7) is 2.07. The first-order valence-electron chi connectivity index (χ1n) is 5.41. The normalized spacial score (nSPS) is 12.6. The molecular formula is C12H18F2N2S. The van der Waals surface area contributed by atoms with Gasteiger partial charge in [-0.3, -0.25) is 0 Å². The highest BCUT2D eigenvalue weighted by molar-refractivity contribution is 7.98. The smallest absolute Gasteiger partial charge is 0.149 e. The lowest BCUT2D eigenvalue weighted by Gasteiger charge is -2.27. The van der Waals surface area contributed by atoms with Gasteiger partial charge in [-0.1, -0.05) is 0 Å². The maximum atomic E-state index is 13.8. The lowest BCUT2D eigenvalue weighted by Crippen LogP contribution is -2.32. The number of hydrogen-bond donors (Lipinski definition) is 1. The number of hydrogen-bond acceptors (Lipinski definition) is 3. The summed E-state index contributed by atoms with van der Waals surface area (Å²) in [6, 6.07) is 2.65. The fraction of sp³-hybridized carbons (Fsp3) is 0.500. The Morgan fingerprint density at radius 1 is 1.35 bits per heavy atom. The van der Waals surface area contributed by atoms with Crippen LogP contribution in [0.2, 0.25) is 0 Å². The Labute approximate surface area is 105 Å². The van der Waals surface area contributed by atoms with Crippen molar-refractivity contribution in [1.82, 2.24) is 0 Å². The third-order valence-electron chi connectivity index (χ3n) is 2.73. The molecule has 0 aliphatic heterocycles. The zero-order valence-electron chi connectivity index (χ0n) is 10.3. The van der Waals surface area contributed by atoms with Gasteiger partial charge in [-0.15, -0.1) is 0 Å². The molecule has 0 radical (unpaired) electrons. The lowest BCUT2D eigenvalue weighted by molar-refractivity contribution is 0.565. The molecule has 2 N–H and O–H groups in total. The molecule has 1 unspecified atom stereocenters. The predicted molar refractivity (Wildman–Crippen MR) is 70.5 cm³/mol. The molecule has 0 aromatic heterocycles. The van der Waals surface area contributed by atoms with Gasteiger partial charge in [0.05, 0.1) is 0 Å². The van der Waals surface area contributed by atoms with E-state index >= 15 is 0 Å². The van der Waals surface area contributed by atoms with Crippen molar-refractivity contribution in [2.75, 3.05) is 24.0 Å². The van der Waals surface area contributed by atoms with Gasteiger partial charge in [0, 0.05) is 25.4 Å². The van der Waals surface area contributed by atoms with Gasteiger partial charge in [0.1, 0.15) is 17.3 Å². The van der Waals surface area contributed by atoms with Gasteiger partial charge in [-0.25, -0.2) is 8.78 Å². The monoisotopic (exact) mass is 260 g/mol. The molecule has 0 fully saturated rings. The van der Waals surface area contributed by atoms with Crippen molar-refractivity contribution in [2.24, 2.45) is 5.73 Å². The number of halogens is 2. The molecule has 0 bridgehead atoms. The highest BCUT2D eigenvalue weighted by atomic mass is 32.2. The van der Waals surface area contributed by atoms with E-state index in [9.17, 15) is 8.78 Å². The average molecular weight is 260 g/mol. The third kappa shape index (κ3) is 3.33. The van der Waals surface area contributed by atoms with Crippen LogP contribution in [0.15, 0.2) is 12.1 Å². The van der Waals surface area contributed by atoms with Crippen LogP contribution >= 0.6 is 11.8 Å². The highest BCUT2D eigenvalue weighted by Gasteiger charge is 2.18. The molecule has 5 heteroatoms. The molecule has 0 heterocycles. The second kappa shape index (κ2) is 6.21. The number of anilines is 1. The Morgan fingerprint density at radius 2 is 1.88 bits per heavy atom. The summed E-state index contributed by atoms with van der Waals surface area (Å²) in [7, 11) is 1.70. The second-order valence-electron chi connectivity index (χ2n) is 4.03. The van der Waals surface area contributed by atoms with Crippen molar-refractivity contribution in [1.29, 1.82) is 0 Å². The first-order valence-corrected chi connectivity index (χ1v) is 6.80. The SMILES string of the molecule is CSCC(C)N(C)c1c(F)cc(CN)cc1F. The zero-order chi connectivity index (χ0) is 13.0. The van der Waals surface area contributed by atoms with Crippen molar-refractivity contribution in [3.63, 3.8) is 0 Å². The van der Waals surface area contributed by atoms with Gasteiger partial charge < -0.3 is 10.6 Å². The Hall–Kier alpha value is -0.810. The Morgan fingerprint density at radius 3 is 2.29 bits per heavy atom. The Bertz CT molecular complexity index is 362. The molecule has 1 atom stereocenters. The minimum absolute atomic E-state index is 0.0174. The van der Waals surface area contributed by atoms with Crippen molar-refractivity contribution in [2.45, 2.75) is 19.5 Å². The molecule has 0 aliphatic rings. The van der Waals surface area contributed by atoms with Crippen LogP contribution in [0.25, 0.3) is 0 Å². The summed E-state index contributed by atoms with van der Waals surface area (Å²) in [5, 5.41) is 0. The van der Waals surface area contributed by atoms with Gasteiger partial charge in [0.25, 0.3) is 0 Å². The van der Waals surface area contributed by atoms with Crippen LogP contribution in [-0.2, 0) is 6.54 Å². The number of rotatable bonds is 5. The molecular weight excluding hydrogens is 242 g/mol. The molecule has 0 saturated heterocycles. The minimum Gasteiger partial charge on any atom is -0.366 e. The van der Waals surface area contributed by atoms with Crippen molar-refractivity contribution in [3.05, 3.63) is 29.3 Å². The van der Waals surface area contributed by atoms with Crippen LogP contribution in [-0.4, -0.2) is 25.1 Å². The zero-order valence-corrected chi connectivity index (χ0v) is 11.2. The maximum Gasteiger partial charge on any atom is 0.149 e. The predicted octanol–water partition coefficient (Wildman–Crippen LogP) is 2.61. The largest absolute Gasteiger partial charge is 0.366 e. The lowest BCUT2D eigenvalue weighted by atomic mass is 10.1. The average Bonchev–Trinajstić information content (AvgIpc) is 2.28. The molecule has 0 saturated carbocycles. The maximum absolute atomic E-state index is 13.8. The molecule has 0 aliphatic carbocycles. The van der Waals surface area contributed by atoms with E-state index in [4.69, 9.17) is 5.73 Å². The van der Waals surface area contributed by atoms with Crippen LogP contribution in [0.4, 0.5) is 14.5 Å². The molecule has 0 amide bonds. The van der Waals surface area contributed by atoms with E-state index in [-0.39, 0.29) is 18.3 Å². The van der Waals surface area contributed by atoms with Crippen LogP contribution in [0.1, 0.15) is 12.5 Å². The molecule has 17 heavy (non-hydrogen) atoms. The highest BCUT2D eigenvalue weighted by Crippen LogP contribution is 2.26. The van der Waals surface area contributed by atoms with E-state index in [2.05, 4.69) is 0 Å². The van der Waals surface area contributed by atoms with E-state index in [1.165, 1.54) is 12.1 Å². The summed E-state index contributed by atoms with van der Waals surface area (Å²) >= 11 is 1.65. The molecule has 1 rings (SSSR count). The summed E-state index contributed by atoms with van der Waals surface area (Å²) in [5.41, 5.74) is 5.86. The number of thioether (sulfide) groups is 1. The van der Waals surface area contributed by atoms with E-state index in [1.54, 1.807) is 23.7 Å². The Balaban J connectivity index is 3.05. The third-order valence-corrected chi connectivity index (χ3v) is 3.55. The van der Waals surface area contributed by atoms with Crippen LogP contribution in [0.5, 0.6) is 0 Å². The quantitative estimate of drug-likeness (QED) is 0.882. The fourth-order valence-corrected chi connectivity index (χ4v) is 2.35. The van der Waals surface area contributed by atoms with Gasteiger partial charge in [-0.2, -0.15) is 11.8 Å². The van der Waals surface area contributed by atoms with Crippen LogP contribution in [0.3, 0.4) is 0 Å². The van der Waals surface area contributed by atoms with Crippen molar-refractivity contribution >= 4 is 17.4 Å². The summed E-state index contributed by atoms with van der Waals surface area (Å²) < 4.78 is 27.6. The standard InChI is InChI=1S/C12H18F2N2S/c1-8(7-17-3)16(2)12-10(13)4-9(6-15)5-11(12)14/h4-5,8H,6-7,15H2,1-3H3. The van der Waals surface area contributed by atoms with Gasteiger partial charge >= 0.3 is 0 Å². The molecule has 1 aromatic rings. The van der Waals surface area contributed by atoms with Gasteiger partial charge in [-0.05, 0) is 30.9 Å². The van der Waals surface area contributed by atoms with E-state index in [0.29, 0.717) is 5.56 Å². The summed E-state index contributed by atoms with van der Waals surface area (Å²) in [5.74, 6) is -0.296. The van der Waals surface area contributed by atoms with Gasteiger partial charge in [0.2, 0.25) is 0 Å². The number of nitrogens with two attached hydrogens (primary N) is 1. The van der Waals surface area contributed by atoms with Gasteiger partial charge in [0.15, 0.2) is 0 Å². The molecule has 0 spiro atoms. The first-order chi connectivity index (χ1) is 8.01. The number of nitrogens with zero attached hydrogens (tertiary/aromatic N) is 1. The first kappa shape index (κ1) is 14.3. The van der Waals surface area contributed by atoms with E-state index < -0.39 is 11.6 Å². The minimum atomic E-state index is -0.555.